The number of nitro groups is 1. The van der Waals surface area contributed by atoms with Crippen LogP contribution in [0.4, 0.5) is 5.88 Å². The second kappa shape index (κ2) is 5.52. The van der Waals surface area contributed by atoms with E-state index in [9.17, 15) is 20.0 Å². The molecule has 2 aromatic rings. The Balaban J connectivity index is 2.03. The Morgan fingerprint density at radius 2 is 2.16 bits per heavy atom. The van der Waals surface area contributed by atoms with Gasteiger partial charge in [0.2, 0.25) is 0 Å². The maximum Gasteiger partial charge on any atom is 0.433 e. The lowest BCUT2D eigenvalue weighted by atomic mass is 10.4. The molecular weight excluding hydrogens is 278 g/mol. The van der Waals surface area contributed by atoms with Crippen molar-refractivity contribution in [3.63, 3.8) is 0 Å². The highest BCUT2D eigenvalue weighted by Crippen LogP contribution is 2.27. The maximum atomic E-state index is 10.4. The Kier molecular flexibility index (Phi) is 3.80. The number of carbonyl (C=O) groups excluding carboxylic acids is 1. The van der Waals surface area contributed by atoms with Crippen molar-refractivity contribution in [1.29, 1.82) is 0 Å². The Labute approximate surface area is 109 Å². The van der Waals surface area contributed by atoms with Gasteiger partial charge in [0.1, 0.15) is 4.92 Å². The molecule has 0 fully saturated rings. The molecule has 2 aromatic heterocycles. The van der Waals surface area contributed by atoms with Crippen LogP contribution in [-0.2, 0) is 4.79 Å². The lowest BCUT2D eigenvalue weighted by molar-refractivity contribution is -0.401. The van der Waals surface area contributed by atoms with Gasteiger partial charge in [0.15, 0.2) is 5.76 Å². The molecule has 0 saturated carbocycles. The minimum Gasteiger partial charge on any atom is -0.550 e. The maximum absolute atomic E-state index is 10.4. The minimum atomic E-state index is -1.17. The van der Waals surface area contributed by atoms with Crippen LogP contribution in [0, 0.1) is 10.1 Å². The summed E-state index contributed by atoms with van der Waals surface area (Å²) in [4.78, 5) is 20.0. The average molecular weight is 284 g/mol. The molecule has 0 spiro atoms. The van der Waals surface area contributed by atoms with E-state index in [1.54, 1.807) is 0 Å². The highest BCUT2D eigenvalue weighted by molar-refractivity contribution is 7.99. The number of rotatable bonds is 6. The zero-order valence-corrected chi connectivity index (χ0v) is 10.1. The normalized spacial score (nSPS) is 10.5. The molecular formula is C9H6N3O6S-. The fourth-order valence-electron chi connectivity index (χ4n) is 1.13. The van der Waals surface area contributed by atoms with Gasteiger partial charge >= 0.3 is 5.88 Å². The van der Waals surface area contributed by atoms with Crippen molar-refractivity contribution >= 4 is 23.6 Å². The van der Waals surface area contributed by atoms with Crippen molar-refractivity contribution in [2.45, 2.75) is 11.6 Å². The lowest BCUT2D eigenvalue weighted by Crippen LogP contribution is -2.22. The average Bonchev–Trinajstić information content (AvgIpc) is 2.95. The van der Waals surface area contributed by atoms with E-state index >= 15 is 0 Å². The first kappa shape index (κ1) is 13.1. The molecule has 0 amide bonds. The summed E-state index contributed by atoms with van der Waals surface area (Å²) in [6.45, 7) is 0. The molecule has 0 aliphatic heterocycles. The largest absolute Gasteiger partial charge is 0.550 e. The van der Waals surface area contributed by atoms with Crippen molar-refractivity contribution in [2.75, 3.05) is 5.75 Å². The molecule has 0 radical (unpaired) electrons. The molecule has 9 nitrogen and oxygen atoms in total. The predicted octanol–water partition coefficient (Wildman–Crippen LogP) is 0.470. The molecule has 0 N–H and O–H groups in total. The number of aliphatic carboxylic acids is 1. The molecule has 0 aliphatic rings. The summed E-state index contributed by atoms with van der Waals surface area (Å²) in [5.41, 5.74) is 0. The topological polar surface area (TPSA) is 135 Å². The summed E-state index contributed by atoms with van der Waals surface area (Å²) < 4.78 is 10.0. The zero-order valence-electron chi connectivity index (χ0n) is 9.27. The zero-order chi connectivity index (χ0) is 13.8. The molecule has 0 aromatic carbocycles. The summed E-state index contributed by atoms with van der Waals surface area (Å²) in [6, 6.07) is 2.50. The van der Waals surface area contributed by atoms with E-state index in [1.807, 2.05) is 0 Å². The third-order valence-electron chi connectivity index (χ3n) is 1.92. The number of thioether (sulfide) groups is 1. The summed E-state index contributed by atoms with van der Waals surface area (Å²) in [6.07, 6.45) is -0.144. The molecule has 0 atom stereocenters. The molecule has 2 heterocycles. The second-order valence-electron chi connectivity index (χ2n) is 3.24. The quantitative estimate of drug-likeness (QED) is 0.421. The summed E-state index contributed by atoms with van der Waals surface area (Å²) in [7, 11) is 0. The molecule has 0 unspecified atom stereocenters. The van der Waals surface area contributed by atoms with Crippen LogP contribution in [0.15, 0.2) is 26.2 Å². The van der Waals surface area contributed by atoms with E-state index in [4.69, 9.17) is 8.83 Å². The van der Waals surface area contributed by atoms with Gasteiger partial charge in [-0.05, 0) is 12.5 Å². The summed E-state index contributed by atoms with van der Waals surface area (Å²) in [5.74, 6) is -1.31. The van der Waals surface area contributed by atoms with E-state index in [1.165, 1.54) is 12.1 Å². The highest BCUT2D eigenvalue weighted by Gasteiger charge is 2.17. The van der Waals surface area contributed by atoms with E-state index < -0.39 is 16.8 Å². The van der Waals surface area contributed by atoms with Gasteiger partial charge in [-0.15, -0.1) is 10.2 Å². The van der Waals surface area contributed by atoms with Crippen LogP contribution in [-0.4, -0.2) is 26.8 Å². The number of hydrogen-bond acceptors (Lipinski definition) is 9. The SMILES string of the molecule is O=C([O-])CCSc1nnc(-c2ccc([N+](=O)[O-])o2)o1. The van der Waals surface area contributed by atoms with Crippen molar-refractivity contribution in [3.8, 4) is 11.7 Å². The molecule has 19 heavy (non-hydrogen) atoms. The highest BCUT2D eigenvalue weighted by atomic mass is 32.2. The van der Waals surface area contributed by atoms with E-state index in [-0.39, 0.29) is 29.0 Å². The smallest absolute Gasteiger partial charge is 0.433 e. The van der Waals surface area contributed by atoms with Gasteiger partial charge in [-0.2, -0.15) is 0 Å². The Morgan fingerprint density at radius 3 is 2.79 bits per heavy atom. The standard InChI is InChI=1S/C9H7N3O6S/c13-7(14)3-4-19-9-11-10-8(18-9)5-1-2-6(17-5)12(15)16/h1-2H,3-4H2,(H,13,14)/p-1. The summed E-state index contributed by atoms with van der Waals surface area (Å²) in [5, 5.41) is 28.1. The number of hydrogen-bond donors (Lipinski definition) is 0. The fraction of sp³-hybridized carbons (Fsp3) is 0.222. The van der Waals surface area contributed by atoms with Gasteiger partial charge in [-0.25, -0.2) is 0 Å². The Hall–Kier alpha value is -2.36. The number of aromatic nitrogens is 2. The van der Waals surface area contributed by atoms with Gasteiger partial charge in [-0.1, -0.05) is 11.8 Å². The van der Waals surface area contributed by atoms with Gasteiger partial charge in [0.05, 0.1) is 6.07 Å². The van der Waals surface area contributed by atoms with Crippen LogP contribution in [0.1, 0.15) is 6.42 Å². The van der Waals surface area contributed by atoms with E-state index in [2.05, 4.69) is 10.2 Å². The van der Waals surface area contributed by atoms with Crippen molar-refractivity contribution < 1.29 is 23.7 Å². The molecule has 10 heteroatoms. The molecule has 100 valence electrons. The van der Waals surface area contributed by atoms with Gasteiger partial charge in [0, 0.05) is 11.7 Å². The third-order valence-corrected chi connectivity index (χ3v) is 2.74. The van der Waals surface area contributed by atoms with Gasteiger partial charge < -0.3 is 18.7 Å². The number of furan rings is 1. The van der Waals surface area contributed by atoms with Gasteiger partial charge in [-0.3, -0.25) is 10.1 Å². The van der Waals surface area contributed by atoms with Crippen molar-refractivity contribution in [3.05, 3.63) is 22.2 Å². The van der Waals surface area contributed by atoms with Gasteiger partial charge in [0.25, 0.3) is 11.1 Å². The van der Waals surface area contributed by atoms with Crippen LogP contribution in [0.5, 0.6) is 0 Å². The number of carboxylic acid groups (broad SMARTS) is 1. The van der Waals surface area contributed by atoms with Crippen LogP contribution in [0.2, 0.25) is 0 Å². The second-order valence-corrected chi connectivity index (χ2v) is 4.28. The molecule has 0 saturated heterocycles. The first-order valence-corrected chi connectivity index (χ1v) is 5.95. The first-order chi connectivity index (χ1) is 9.06. The van der Waals surface area contributed by atoms with E-state index in [0.29, 0.717) is 0 Å². The third kappa shape index (κ3) is 3.31. The predicted molar refractivity (Wildman–Crippen MR) is 59.0 cm³/mol. The molecule has 0 aliphatic carbocycles. The Bertz CT molecular complexity index is 607. The number of carbonyl (C=O) groups is 1. The van der Waals surface area contributed by atoms with Crippen LogP contribution >= 0.6 is 11.8 Å². The van der Waals surface area contributed by atoms with Crippen LogP contribution < -0.4 is 5.11 Å². The van der Waals surface area contributed by atoms with Crippen LogP contribution in [0.25, 0.3) is 11.7 Å². The molecule has 2 rings (SSSR count). The molecule has 0 bridgehead atoms. The monoisotopic (exact) mass is 284 g/mol. The lowest BCUT2D eigenvalue weighted by Gasteiger charge is -1.97. The minimum absolute atomic E-state index is 0.0101. The van der Waals surface area contributed by atoms with E-state index in [0.717, 1.165) is 11.8 Å². The summed E-state index contributed by atoms with van der Waals surface area (Å²) >= 11 is 1.04. The fourth-order valence-corrected chi connectivity index (χ4v) is 1.81. The number of carboxylic acids is 1. The first-order valence-electron chi connectivity index (χ1n) is 4.97. The Morgan fingerprint density at radius 1 is 1.37 bits per heavy atom. The number of nitrogens with zero attached hydrogens (tertiary/aromatic N) is 3. The van der Waals surface area contributed by atoms with Crippen molar-refractivity contribution in [2.24, 2.45) is 0 Å². The van der Waals surface area contributed by atoms with Crippen molar-refractivity contribution in [1.82, 2.24) is 10.2 Å². The van der Waals surface area contributed by atoms with Crippen LogP contribution in [0.3, 0.4) is 0 Å².